The maximum Gasteiger partial charge on any atom is 3.00 e. The first-order valence-corrected chi connectivity index (χ1v) is 28.2. The van der Waals surface area contributed by atoms with Crippen molar-refractivity contribution in [3.63, 3.8) is 0 Å². The van der Waals surface area contributed by atoms with Crippen molar-refractivity contribution < 1.29 is 20.1 Å². The molecule has 0 saturated heterocycles. The molecule has 9 rings (SSSR count). The van der Waals surface area contributed by atoms with Gasteiger partial charge in [0.2, 0.25) is 0 Å². The van der Waals surface area contributed by atoms with Crippen LogP contribution in [0.25, 0.3) is 47.6 Å². The molecule has 294 valence electrons. The normalized spacial score (nSPS) is 14.0. The SMILES string of the molecule is CC(C)Cc1cc(-c2[c-]cccc2)nc[c]1[Ge]([CH3])([CH3])[CH3].Cc1ccc2c(n1)sc1c(C3[N-]c4c(ccc5ccccc45)N3c3ccc(C(C)(C)C)cc3)[c-]ccc12.[Ir+3]. The Morgan fingerprint density at radius 2 is 1.59 bits per heavy atom. The number of thiophene rings is 1. The van der Waals surface area contributed by atoms with Crippen LogP contribution in [0, 0.1) is 25.0 Å². The third kappa shape index (κ3) is 8.40. The molecule has 1 atom stereocenters. The zero-order valence-electron chi connectivity index (χ0n) is 34.9. The standard InChI is InChI=1S/C33H27N3S.C18H24GeN.Ir/c1-20-12-18-26-25-10-7-11-27(30(25)37-32(26)34-20)31-35-29-24-9-6-5-8-21(24)13-19-28(29)36(31)23-16-14-22(15-17-23)33(2,3)4;1-14(2)11-16-12-18(15-9-7-6-8-10-15)20-13-17(16)19(3,4)5;/h5-10,12-19,31H,1-4H3;6-9,12-14H,11H2,1-5H3;/q-2;-1;+3. The topological polar surface area (TPSA) is 43.1 Å². The molecule has 0 saturated carbocycles. The van der Waals surface area contributed by atoms with E-state index in [1.165, 1.54) is 37.4 Å². The van der Waals surface area contributed by atoms with Crippen LogP contribution in [0.2, 0.25) is 17.3 Å². The quantitative estimate of drug-likeness (QED) is 0.123. The molecule has 0 spiro atoms. The van der Waals surface area contributed by atoms with Gasteiger partial charge in [-0.3, -0.25) is 0 Å². The van der Waals surface area contributed by atoms with E-state index >= 15 is 0 Å². The van der Waals surface area contributed by atoms with E-state index in [-0.39, 0.29) is 31.7 Å². The summed E-state index contributed by atoms with van der Waals surface area (Å²) in [6.45, 7) is 13.4. The second-order valence-corrected chi connectivity index (χ2v) is 29.3. The summed E-state index contributed by atoms with van der Waals surface area (Å²) in [6, 6.07) is 47.7. The van der Waals surface area contributed by atoms with Gasteiger partial charge < -0.3 is 10.2 Å². The van der Waals surface area contributed by atoms with Gasteiger partial charge in [-0.2, -0.15) is 29.5 Å². The Morgan fingerprint density at radius 3 is 2.29 bits per heavy atom. The number of aryl methyl sites for hydroxylation is 1. The summed E-state index contributed by atoms with van der Waals surface area (Å²) in [6.07, 6.45) is 3.06. The van der Waals surface area contributed by atoms with Crippen molar-refractivity contribution in [2.45, 2.75) is 76.8 Å². The number of nitrogens with zero attached hydrogens (tertiary/aromatic N) is 4. The molecule has 0 radical (unpaired) electrons. The van der Waals surface area contributed by atoms with Crippen LogP contribution in [0.15, 0.2) is 121 Å². The van der Waals surface area contributed by atoms with E-state index in [0.29, 0.717) is 5.92 Å². The molecule has 58 heavy (non-hydrogen) atoms. The molecular formula is C51H51GeIrN4S. The second-order valence-electron chi connectivity index (χ2n) is 17.7. The minimum atomic E-state index is -1.86. The van der Waals surface area contributed by atoms with E-state index in [4.69, 9.17) is 15.3 Å². The average molecular weight is 1020 g/mol. The number of fused-ring (bicyclic) bond motifs is 6. The number of hydrogen-bond donors (Lipinski definition) is 0. The first-order chi connectivity index (χ1) is 27.3. The molecule has 0 bridgehead atoms. The third-order valence-electron chi connectivity index (χ3n) is 10.8. The Bertz CT molecular complexity index is 2710. The van der Waals surface area contributed by atoms with Crippen LogP contribution < -0.4 is 9.30 Å². The summed E-state index contributed by atoms with van der Waals surface area (Å²) in [4.78, 5) is 13.0. The molecule has 8 aromatic rings. The number of benzene rings is 5. The molecule has 3 aromatic heterocycles. The molecule has 7 heteroatoms. The Hall–Kier alpha value is -4.33. The first kappa shape index (κ1) is 41.8. The van der Waals surface area contributed by atoms with E-state index in [1.807, 2.05) is 31.2 Å². The maximum atomic E-state index is 5.40. The molecule has 4 nitrogen and oxygen atoms in total. The molecule has 0 fully saturated rings. The molecule has 4 heterocycles. The van der Waals surface area contributed by atoms with Crippen LogP contribution in [0.5, 0.6) is 0 Å². The van der Waals surface area contributed by atoms with Gasteiger partial charge in [0.15, 0.2) is 0 Å². The van der Waals surface area contributed by atoms with Crippen molar-refractivity contribution >= 4 is 77.1 Å². The van der Waals surface area contributed by atoms with Gasteiger partial charge in [0.25, 0.3) is 0 Å². The minimum Gasteiger partial charge on any atom is -0.661 e. The van der Waals surface area contributed by atoms with Gasteiger partial charge in [-0.15, -0.1) is 16.6 Å². The van der Waals surface area contributed by atoms with E-state index in [0.717, 1.165) is 50.8 Å². The zero-order valence-corrected chi connectivity index (χ0v) is 40.2. The molecule has 1 aliphatic heterocycles. The third-order valence-corrected chi connectivity index (χ3v) is 16.3. The van der Waals surface area contributed by atoms with Gasteiger partial charge >= 0.3 is 146 Å². The average Bonchev–Trinajstić information content (AvgIpc) is 3.76. The van der Waals surface area contributed by atoms with Crippen LogP contribution in [-0.2, 0) is 31.9 Å². The fourth-order valence-corrected chi connectivity index (χ4v) is 12.5. The van der Waals surface area contributed by atoms with Gasteiger partial charge in [0, 0.05) is 17.1 Å². The minimum absolute atomic E-state index is 0. The van der Waals surface area contributed by atoms with Crippen LogP contribution in [-0.4, -0.2) is 23.2 Å². The summed E-state index contributed by atoms with van der Waals surface area (Å²) in [5.74, 6) is 7.99. The maximum absolute atomic E-state index is 5.40. The largest absolute Gasteiger partial charge is 3.00 e. The van der Waals surface area contributed by atoms with Gasteiger partial charge in [0.1, 0.15) is 4.83 Å². The first-order valence-electron chi connectivity index (χ1n) is 20.1. The fraction of sp³-hybridized carbons (Fsp3) is 0.255. The van der Waals surface area contributed by atoms with Crippen molar-refractivity contribution in [3.8, 4) is 11.3 Å². The Balaban J connectivity index is 0.000000208. The van der Waals surface area contributed by atoms with Crippen LogP contribution in [0.1, 0.15) is 63.2 Å². The smallest absolute Gasteiger partial charge is 0.661 e. The zero-order chi connectivity index (χ0) is 40.1. The van der Waals surface area contributed by atoms with Crippen LogP contribution in [0.4, 0.5) is 17.1 Å². The Labute approximate surface area is 364 Å². The molecule has 0 N–H and O–H groups in total. The summed E-state index contributed by atoms with van der Waals surface area (Å²) < 4.78 is 2.75. The molecule has 1 unspecified atom stereocenters. The van der Waals surface area contributed by atoms with Crippen molar-refractivity contribution in [2.75, 3.05) is 4.90 Å². The molecular weight excluding hydrogens is 965 g/mol. The van der Waals surface area contributed by atoms with E-state index in [9.17, 15) is 0 Å². The Kier molecular flexibility index (Phi) is 12.1. The monoisotopic (exact) mass is 1020 g/mol. The van der Waals surface area contributed by atoms with Gasteiger partial charge in [-0.05, 0) is 64.5 Å². The van der Waals surface area contributed by atoms with E-state index in [1.54, 1.807) is 15.7 Å². The Morgan fingerprint density at radius 1 is 0.828 bits per heavy atom. The van der Waals surface area contributed by atoms with Crippen molar-refractivity contribution in [1.29, 1.82) is 0 Å². The number of anilines is 2. The second kappa shape index (κ2) is 16.7. The summed E-state index contributed by atoms with van der Waals surface area (Å²) in [5.41, 5.74) is 10.5. The van der Waals surface area contributed by atoms with E-state index in [2.05, 4.69) is 166 Å². The fourth-order valence-electron chi connectivity index (χ4n) is 7.89. The number of hydrogen-bond acceptors (Lipinski definition) is 4. The number of rotatable bonds is 6. The molecule has 0 aliphatic carbocycles. The molecule has 5 aromatic carbocycles. The van der Waals surface area contributed by atoms with Crippen LogP contribution in [0.3, 0.4) is 0 Å². The van der Waals surface area contributed by atoms with Gasteiger partial charge in [-0.25, -0.2) is 4.98 Å². The van der Waals surface area contributed by atoms with Crippen LogP contribution >= 0.6 is 11.3 Å². The van der Waals surface area contributed by atoms with Gasteiger partial charge in [-0.1, -0.05) is 74.0 Å². The summed E-state index contributed by atoms with van der Waals surface area (Å²) >= 11 is -0.112. The van der Waals surface area contributed by atoms with Crippen molar-refractivity contribution in [3.05, 3.63) is 161 Å². The predicted octanol–water partition coefficient (Wildman–Crippen LogP) is 14.2. The summed E-state index contributed by atoms with van der Waals surface area (Å²) in [7, 11) is 0. The molecule has 0 amide bonds. The summed E-state index contributed by atoms with van der Waals surface area (Å²) in [5, 5.41) is 10.2. The predicted molar refractivity (Wildman–Crippen MR) is 248 cm³/mol. The number of aromatic nitrogens is 2. The van der Waals surface area contributed by atoms with E-state index < -0.39 is 13.3 Å². The van der Waals surface area contributed by atoms with Crippen molar-refractivity contribution in [2.24, 2.45) is 5.92 Å². The molecule has 1 aliphatic rings. The van der Waals surface area contributed by atoms with Crippen molar-refractivity contribution in [1.82, 2.24) is 9.97 Å². The number of pyridine rings is 2. The van der Waals surface area contributed by atoms with Gasteiger partial charge in [0.05, 0.1) is 0 Å².